The molecule has 0 spiro atoms. The van der Waals surface area contributed by atoms with Gasteiger partial charge >= 0.3 is 0 Å². The Hall–Kier alpha value is -2.40. The van der Waals surface area contributed by atoms with E-state index in [0.717, 1.165) is 16.8 Å². The molecule has 5 heteroatoms. The number of hydrogen-bond donors (Lipinski definition) is 3. The number of nitrogens with one attached hydrogen (secondary N) is 2. The highest BCUT2D eigenvalue weighted by Crippen LogP contribution is 2.17. The van der Waals surface area contributed by atoms with Gasteiger partial charge in [0, 0.05) is 5.69 Å². The number of hydrogen-bond acceptors (Lipinski definition) is 3. The van der Waals surface area contributed by atoms with Crippen molar-refractivity contribution < 1.29 is 5.11 Å². The molecule has 2 aromatic carbocycles. The van der Waals surface area contributed by atoms with Gasteiger partial charge < -0.3 is 10.4 Å². The summed E-state index contributed by atoms with van der Waals surface area (Å²) in [5.74, 6) is 0.204. The molecule has 0 saturated carbocycles. The topological polar surface area (TPSA) is 56.7 Å². The van der Waals surface area contributed by atoms with Crippen LogP contribution < -0.4 is 10.7 Å². The molecule has 0 radical (unpaired) electrons. The number of nitrogens with zero attached hydrogens (tertiary/aromatic N) is 1. The van der Waals surface area contributed by atoms with Crippen molar-refractivity contribution in [1.29, 1.82) is 0 Å². The van der Waals surface area contributed by atoms with Crippen molar-refractivity contribution in [2.45, 2.75) is 13.8 Å². The Morgan fingerprint density at radius 3 is 2.71 bits per heavy atom. The molecule has 0 atom stereocenters. The third-order valence-electron chi connectivity index (χ3n) is 3.10. The molecule has 21 heavy (non-hydrogen) atoms. The summed E-state index contributed by atoms with van der Waals surface area (Å²) in [6, 6.07) is 12.8. The third kappa shape index (κ3) is 4.29. The Balaban J connectivity index is 1.95. The van der Waals surface area contributed by atoms with Gasteiger partial charge in [0.2, 0.25) is 0 Å². The largest absolute Gasteiger partial charge is 0.508 e. The molecule has 4 nitrogen and oxygen atoms in total. The Morgan fingerprint density at radius 1 is 1.19 bits per heavy atom. The Kier molecular flexibility index (Phi) is 4.90. The summed E-state index contributed by atoms with van der Waals surface area (Å²) in [5.41, 5.74) is 6.85. The number of benzene rings is 2. The second-order valence-electron chi connectivity index (χ2n) is 4.67. The number of aromatic hydroxyl groups is 1. The quantitative estimate of drug-likeness (QED) is 0.462. The molecular weight excluding hydrogens is 282 g/mol. The van der Waals surface area contributed by atoms with E-state index in [-0.39, 0.29) is 5.75 Å². The molecule has 0 saturated heterocycles. The van der Waals surface area contributed by atoms with Crippen molar-refractivity contribution in [2.75, 3.05) is 5.32 Å². The van der Waals surface area contributed by atoms with E-state index in [1.807, 2.05) is 25.1 Å². The summed E-state index contributed by atoms with van der Waals surface area (Å²) in [5, 5.41) is 16.9. The fraction of sp³-hybridized carbons (Fsp3) is 0.125. The number of phenols is 1. The lowest BCUT2D eigenvalue weighted by atomic mass is 10.1. The Bertz CT molecular complexity index is 683. The van der Waals surface area contributed by atoms with Gasteiger partial charge in [-0.1, -0.05) is 24.3 Å². The van der Waals surface area contributed by atoms with Gasteiger partial charge in [0.15, 0.2) is 5.11 Å². The minimum atomic E-state index is 0.204. The van der Waals surface area contributed by atoms with Crippen molar-refractivity contribution in [3.05, 3.63) is 59.2 Å². The van der Waals surface area contributed by atoms with Gasteiger partial charge in [0.1, 0.15) is 5.75 Å². The van der Waals surface area contributed by atoms with Crippen molar-refractivity contribution in [2.24, 2.45) is 5.10 Å². The third-order valence-corrected chi connectivity index (χ3v) is 3.30. The SMILES string of the molecule is Cc1cccc(NC(=S)N/N=C\c2cccc(O)c2)c1C. The van der Waals surface area contributed by atoms with Crippen molar-refractivity contribution in [3.63, 3.8) is 0 Å². The Labute approximate surface area is 129 Å². The van der Waals surface area contributed by atoms with E-state index < -0.39 is 0 Å². The molecule has 0 amide bonds. The first kappa shape index (κ1) is 15.0. The molecule has 0 aliphatic rings. The fourth-order valence-electron chi connectivity index (χ4n) is 1.81. The summed E-state index contributed by atoms with van der Waals surface area (Å²) in [6.07, 6.45) is 1.59. The second-order valence-corrected chi connectivity index (χ2v) is 5.07. The Morgan fingerprint density at radius 2 is 1.95 bits per heavy atom. The van der Waals surface area contributed by atoms with E-state index in [0.29, 0.717) is 5.11 Å². The van der Waals surface area contributed by atoms with Gasteiger partial charge in [0.05, 0.1) is 6.21 Å². The lowest BCUT2D eigenvalue weighted by Crippen LogP contribution is -2.24. The highest BCUT2D eigenvalue weighted by atomic mass is 32.1. The van der Waals surface area contributed by atoms with Gasteiger partial charge in [-0.2, -0.15) is 5.10 Å². The van der Waals surface area contributed by atoms with Crippen LogP contribution in [0.15, 0.2) is 47.6 Å². The molecule has 0 aromatic heterocycles. The maximum absolute atomic E-state index is 9.35. The number of rotatable bonds is 3. The molecule has 0 heterocycles. The van der Waals surface area contributed by atoms with E-state index in [4.69, 9.17) is 12.2 Å². The highest BCUT2D eigenvalue weighted by molar-refractivity contribution is 7.80. The highest BCUT2D eigenvalue weighted by Gasteiger charge is 2.01. The van der Waals surface area contributed by atoms with Crippen LogP contribution in [0.3, 0.4) is 0 Å². The van der Waals surface area contributed by atoms with E-state index in [9.17, 15) is 5.11 Å². The molecule has 0 fully saturated rings. The summed E-state index contributed by atoms with van der Waals surface area (Å²) in [4.78, 5) is 0. The van der Waals surface area contributed by atoms with Crippen LogP contribution >= 0.6 is 12.2 Å². The van der Waals surface area contributed by atoms with Crippen LogP contribution in [-0.4, -0.2) is 16.4 Å². The number of hydrazone groups is 1. The van der Waals surface area contributed by atoms with E-state index in [1.54, 1.807) is 24.4 Å². The minimum absolute atomic E-state index is 0.204. The van der Waals surface area contributed by atoms with Gasteiger partial charge in [0.25, 0.3) is 0 Å². The normalized spacial score (nSPS) is 10.6. The van der Waals surface area contributed by atoms with Crippen molar-refractivity contribution in [1.82, 2.24) is 5.43 Å². The number of aryl methyl sites for hydroxylation is 1. The standard InChI is InChI=1S/C16H17N3OS/c1-11-5-3-8-15(12(11)2)18-16(21)19-17-10-13-6-4-7-14(20)9-13/h3-10,20H,1-2H3,(H2,18,19,21)/b17-10-. The first-order chi connectivity index (χ1) is 10.1. The smallest absolute Gasteiger partial charge is 0.191 e. The molecular formula is C16H17N3OS. The summed E-state index contributed by atoms with van der Waals surface area (Å²) >= 11 is 5.19. The van der Waals surface area contributed by atoms with Crippen LogP contribution in [0, 0.1) is 13.8 Å². The van der Waals surface area contributed by atoms with Gasteiger partial charge in [-0.15, -0.1) is 0 Å². The van der Waals surface area contributed by atoms with Gasteiger partial charge in [-0.25, -0.2) is 0 Å². The molecule has 2 aromatic rings. The minimum Gasteiger partial charge on any atom is -0.508 e. The number of phenolic OH excluding ortho intramolecular Hbond substituents is 1. The molecule has 2 rings (SSSR count). The van der Waals surface area contributed by atoms with Gasteiger partial charge in [-0.3, -0.25) is 5.43 Å². The summed E-state index contributed by atoms with van der Waals surface area (Å²) in [6.45, 7) is 4.09. The van der Waals surface area contributed by atoms with E-state index in [2.05, 4.69) is 28.8 Å². The first-order valence-corrected chi connectivity index (χ1v) is 6.92. The van der Waals surface area contributed by atoms with Crippen LogP contribution in [0.1, 0.15) is 16.7 Å². The number of anilines is 1. The second kappa shape index (κ2) is 6.85. The molecule has 108 valence electrons. The van der Waals surface area contributed by atoms with Crippen LogP contribution in [0.25, 0.3) is 0 Å². The fourth-order valence-corrected chi connectivity index (χ4v) is 1.97. The maximum atomic E-state index is 9.35. The summed E-state index contributed by atoms with van der Waals surface area (Å²) in [7, 11) is 0. The average molecular weight is 299 g/mol. The monoisotopic (exact) mass is 299 g/mol. The lowest BCUT2D eigenvalue weighted by Gasteiger charge is -2.11. The van der Waals surface area contributed by atoms with Crippen LogP contribution in [-0.2, 0) is 0 Å². The predicted molar refractivity (Wildman–Crippen MR) is 91.0 cm³/mol. The molecule has 0 bridgehead atoms. The zero-order valence-corrected chi connectivity index (χ0v) is 12.7. The lowest BCUT2D eigenvalue weighted by molar-refractivity contribution is 0.475. The van der Waals surface area contributed by atoms with Crippen molar-refractivity contribution >= 4 is 29.2 Å². The zero-order valence-electron chi connectivity index (χ0n) is 11.9. The van der Waals surface area contributed by atoms with Crippen LogP contribution in [0.5, 0.6) is 5.75 Å². The maximum Gasteiger partial charge on any atom is 0.191 e. The molecule has 0 unspecified atom stereocenters. The average Bonchev–Trinajstić information content (AvgIpc) is 2.44. The molecule has 3 N–H and O–H groups in total. The zero-order chi connectivity index (χ0) is 15.2. The molecule has 0 aliphatic heterocycles. The van der Waals surface area contributed by atoms with Crippen LogP contribution in [0.2, 0.25) is 0 Å². The van der Waals surface area contributed by atoms with Crippen LogP contribution in [0.4, 0.5) is 5.69 Å². The van der Waals surface area contributed by atoms with E-state index in [1.165, 1.54) is 5.56 Å². The van der Waals surface area contributed by atoms with E-state index >= 15 is 0 Å². The number of thiocarbonyl (C=S) groups is 1. The first-order valence-electron chi connectivity index (χ1n) is 6.51. The summed E-state index contributed by atoms with van der Waals surface area (Å²) < 4.78 is 0. The van der Waals surface area contributed by atoms with Crippen molar-refractivity contribution in [3.8, 4) is 5.75 Å². The predicted octanol–water partition coefficient (Wildman–Crippen LogP) is 3.33. The van der Waals surface area contributed by atoms with Gasteiger partial charge in [-0.05, 0) is 61.0 Å². The molecule has 0 aliphatic carbocycles.